The summed E-state index contributed by atoms with van der Waals surface area (Å²) >= 11 is 24.3. The fraction of sp³-hybridized carbons (Fsp3) is 0.250. The number of hydrogen-bond donors (Lipinski definition) is 0. The van der Waals surface area contributed by atoms with E-state index in [1.54, 1.807) is 6.07 Å². The molecule has 0 N–H and O–H groups in total. The van der Waals surface area contributed by atoms with Crippen LogP contribution in [0, 0.1) is 5.92 Å². The Morgan fingerprint density at radius 1 is 0.850 bits per heavy atom. The van der Waals surface area contributed by atoms with Crippen LogP contribution in [-0.2, 0) is 12.8 Å². The lowest BCUT2D eigenvalue weighted by Gasteiger charge is -2.15. The standard InChI is InChI=1S/C16H14Cl4/c17-10-12(6-11-2-1-3-14(18)8-11)7-13-9-15(19)4-5-16(13)20/h1-5,8-9,12H,6-7,10H2. The van der Waals surface area contributed by atoms with Crippen molar-refractivity contribution in [3.05, 3.63) is 68.7 Å². The lowest BCUT2D eigenvalue weighted by atomic mass is 9.94. The van der Waals surface area contributed by atoms with Crippen molar-refractivity contribution in [1.82, 2.24) is 0 Å². The highest BCUT2D eigenvalue weighted by Gasteiger charge is 2.12. The van der Waals surface area contributed by atoms with Crippen molar-refractivity contribution < 1.29 is 0 Å². The van der Waals surface area contributed by atoms with Gasteiger partial charge in [-0.2, -0.15) is 0 Å². The van der Waals surface area contributed by atoms with Crippen LogP contribution < -0.4 is 0 Å². The SMILES string of the molecule is ClCC(Cc1cccc(Cl)c1)Cc1cc(Cl)ccc1Cl. The topological polar surface area (TPSA) is 0 Å². The van der Waals surface area contributed by atoms with Gasteiger partial charge in [0.15, 0.2) is 0 Å². The Labute approximate surface area is 139 Å². The zero-order chi connectivity index (χ0) is 14.5. The van der Waals surface area contributed by atoms with Crippen LogP contribution in [0.2, 0.25) is 15.1 Å². The Morgan fingerprint density at radius 2 is 1.60 bits per heavy atom. The van der Waals surface area contributed by atoms with Gasteiger partial charge in [0, 0.05) is 20.9 Å². The fourth-order valence-electron chi connectivity index (χ4n) is 2.19. The van der Waals surface area contributed by atoms with Gasteiger partial charge in [0.1, 0.15) is 0 Å². The maximum Gasteiger partial charge on any atom is 0.0439 e. The molecule has 20 heavy (non-hydrogen) atoms. The summed E-state index contributed by atoms with van der Waals surface area (Å²) in [5.41, 5.74) is 2.22. The van der Waals surface area contributed by atoms with E-state index in [4.69, 9.17) is 46.4 Å². The van der Waals surface area contributed by atoms with Gasteiger partial charge in [-0.05, 0) is 60.2 Å². The first-order chi connectivity index (χ1) is 9.58. The summed E-state index contributed by atoms with van der Waals surface area (Å²) in [6.07, 6.45) is 1.67. The van der Waals surface area contributed by atoms with E-state index in [0.717, 1.165) is 28.5 Å². The van der Waals surface area contributed by atoms with Gasteiger partial charge in [0.25, 0.3) is 0 Å². The van der Waals surface area contributed by atoms with Gasteiger partial charge in [0.05, 0.1) is 0 Å². The second kappa shape index (κ2) is 7.56. The summed E-state index contributed by atoms with van der Waals surface area (Å²) < 4.78 is 0. The number of hydrogen-bond acceptors (Lipinski definition) is 0. The van der Waals surface area contributed by atoms with Crippen LogP contribution in [0.5, 0.6) is 0 Å². The minimum atomic E-state index is 0.297. The summed E-state index contributed by atoms with van der Waals surface area (Å²) in [5.74, 6) is 0.862. The lowest BCUT2D eigenvalue weighted by Crippen LogP contribution is -2.10. The molecular formula is C16H14Cl4. The van der Waals surface area contributed by atoms with Crippen molar-refractivity contribution in [2.45, 2.75) is 12.8 Å². The van der Waals surface area contributed by atoms with Gasteiger partial charge in [-0.3, -0.25) is 0 Å². The van der Waals surface area contributed by atoms with Crippen LogP contribution in [0.15, 0.2) is 42.5 Å². The molecule has 0 bridgehead atoms. The molecule has 2 rings (SSSR count). The largest absolute Gasteiger partial charge is 0.126 e. The van der Waals surface area contributed by atoms with Gasteiger partial charge >= 0.3 is 0 Å². The molecule has 1 unspecified atom stereocenters. The molecule has 0 fully saturated rings. The van der Waals surface area contributed by atoms with Crippen molar-refractivity contribution in [3.8, 4) is 0 Å². The smallest absolute Gasteiger partial charge is 0.0439 e. The first kappa shape index (κ1) is 16.0. The zero-order valence-corrected chi connectivity index (χ0v) is 13.8. The molecule has 0 saturated carbocycles. The van der Waals surface area contributed by atoms with Crippen molar-refractivity contribution in [1.29, 1.82) is 0 Å². The summed E-state index contributed by atoms with van der Waals surface area (Å²) in [4.78, 5) is 0. The molecule has 106 valence electrons. The number of benzene rings is 2. The summed E-state index contributed by atoms with van der Waals surface area (Å²) in [7, 11) is 0. The molecule has 0 amide bonds. The van der Waals surface area contributed by atoms with E-state index >= 15 is 0 Å². The monoisotopic (exact) mass is 346 g/mol. The van der Waals surface area contributed by atoms with E-state index in [1.165, 1.54) is 5.56 Å². The molecule has 0 spiro atoms. The number of halogens is 4. The maximum absolute atomic E-state index is 6.20. The Hall–Kier alpha value is -0.400. The molecule has 0 nitrogen and oxygen atoms in total. The van der Waals surface area contributed by atoms with E-state index in [-0.39, 0.29) is 0 Å². The molecule has 0 aliphatic rings. The Kier molecular flexibility index (Phi) is 6.04. The quantitative estimate of drug-likeness (QED) is 0.557. The Bertz CT molecular complexity index is 580. The van der Waals surface area contributed by atoms with E-state index in [9.17, 15) is 0 Å². The van der Waals surface area contributed by atoms with Gasteiger partial charge in [-0.25, -0.2) is 0 Å². The van der Waals surface area contributed by atoms with Crippen molar-refractivity contribution in [2.75, 3.05) is 5.88 Å². The molecule has 2 aromatic rings. The first-order valence-electron chi connectivity index (χ1n) is 6.33. The third-order valence-corrected chi connectivity index (χ3v) is 4.42. The molecule has 4 heteroatoms. The average molecular weight is 348 g/mol. The first-order valence-corrected chi connectivity index (χ1v) is 7.99. The van der Waals surface area contributed by atoms with E-state index in [1.807, 2.05) is 30.3 Å². The zero-order valence-electron chi connectivity index (χ0n) is 10.8. The molecule has 0 aliphatic carbocycles. The highest BCUT2D eigenvalue weighted by molar-refractivity contribution is 6.33. The normalized spacial score (nSPS) is 12.4. The molecular weight excluding hydrogens is 334 g/mol. The van der Waals surface area contributed by atoms with E-state index < -0.39 is 0 Å². The highest BCUT2D eigenvalue weighted by Crippen LogP contribution is 2.25. The molecule has 2 aromatic carbocycles. The second-order valence-electron chi connectivity index (χ2n) is 4.79. The summed E-state index contributed by atoms with van der Waals surface area (Å²) in [5, 5.41) is 2.17. The number of alkyl halides is 1. The minimum absolute atomic E-state index is 0.297. The molecule has 0 saturated heterocycles. The number of rotatable bonds is 5. The maximum atomic E-state index is 6.20. The van der Waals surface area contributed by atoms with Crippen molar-refractivity contribution >= 4 is 46.4 Å². The summed E-state index contributed by atoms with van der Waals surface area (Å²) in [6.45, 7) is 0. The summed E-state index contributed by atoms with van der Waals surface area (Å²) in [6, 6.07) is 13.4. The fourth-order valence-corrected chi connectivity index (χ4v) is 3.01. The Morgan fingerprint density at radius 3 is 2.30 bits per heavy atom. The van der Waals surface area contributed by atoms with E-state index in [2.05, 4.69) is 6.07 Å². The third-order valence-electron chi connectivity index (χ3n) is 3.15. The molecule has 0 radical (unpaired) electrons. The van der Waals surface area contributed by atoms with Gasteiger partial charge < -0.3 is 0 Å². The average Bonchev–Trinajstić information content (AvgIpc) is 2.42. The molecule has 0 heterocycles. The highest BCUT2D eigenvalue weighted by atomic mass is 35.5. The molecule has 1 atom stereocenters. The van der Waals surface area contributed by atoms with Gasteiger partial charge in [-0.1, -0.05) is 46.9 Å². The van der Waals surface area contributed by atoms with Crippen molar-refractivity contribution in [3.63, 3.8) is 0 Å². The van der Waals surface area contributed by atoms with E-state index in [0.29, 0.717) is 16.8 Å². The molecule has 0 aromatic heterocycles. The van der Waals surface area contributed by atoms with Crippen LogP contribution in [0.3, 0.4) is 0 Å². The van der Waals surface area contributed by atoms with Crippen LogP contribution >= 0.6 is 46.4 Å². The van der Waals surface area contributed by atoms with Crippen molar-refractivity contribution in [2.24, 2.45) is 5.92 Å². The second-order valence-corrected chi connectivity index (χ2v) is 6.38. The lowest BCUT2D eigenvalue weighted by molar-refractivity contribution is 0.584. The van der Waals surface area contributed by atoms with Crippen LogP contribution in [-0.4, -0.2) is 5.88 Å². The van der Waals surface area contributed by atoms with Crippen LogP contribution in [0.1, 0.15) is 11.1 Å². The van der Waals surface area contributed by atoms with Crippen LogP contribution in [0.25, 0.3) is 0 Å². The van der Waals surface area contributed by atoms with Crippen LogP contribution in [0.4, 0.5) is 0 Å². The Balaban J connectivity index is 2.11. The molecule has 0 aliphatic heterocycles. The predicted molar refractivity (Wildman–Crippen MR) is 89.5 cm³/mol. The minimum Gasteiger partial charge on any atom is -0.126 e. The predicted octanol–water partition coefficient (Wildman–Crippen LogP) is 6.29. The third kappa shape index (κ3) is 4.56. The van der Waals surface area contributed by atoms with Gasteiger partial charge in [0.2, 0.25) is 0 Å². The van der Waals surface area contributed by atoms with Gasteiger partial charge in [-0.15, -0.1) is 11.6 Å².